The van der Waals surface area contributed by atoms with Crippen LogP contribution in [0.5, 0.6) is 17.2 Å². The second-order valence-electron chi connectivity index (χ2n) is 7.73. The van der Waals surface area contributed by atoms with Gasteiger partial charge in [-0.3, -0.25) is 20.0 Å². The van der Waals surface area contributed by atoms with Crippen LogP contribution in [0.1, 0.15) is 15.9 Å². The highest BCUT2D eigenvalue weighted by Crippen LogP contribution is 2.32. The van der Waals surface area contributed by atoms with Crippen LogP contribution in [0, 0.1) is 0 Å². The third-order valence-corrected chi connectivity index (χ3v) is 5.47. The molecule has 4 rings (SSSR count). The van der Waals surface area contributed by atoms with E-state index in [1.165, 1.54) is 5.56 Å². The van der Waals surface area contributed by atoms with E-state index in [4.69, 9.17) is 20.1 Å². The normalized spacial score (nSPS) is 17.4. The van der Waals surface area contributed by atoms with Gasteiger partial charge in [-0.2, -0.15) is 0 Å². The number of nitrogens with one attached hydrogen (secondary N) is 1. The number of nitrogens with zero attached hydrogens (tertiary/aromatic N) is 2. The van der Waals surface area contributed by atoms with Gasteiger partial charge in [0.2, 0.25) is 6.79 Å². The lowest BCUT2D eigenvalue weighted by atomic mass is 10.1. The van der Waals surface area contributed by atoms with Crippen molar-refractivity contribution in [1.82, 2.24) is 15.2 Å². The number of amides is 1. The van der Waals surface area contributed by atoms with Crippen LogP contribution in [-0.2, 0) is 6.54 Å². The summed E-state index contributed by atoms with van der Waals surface area (Å²) in [4.78, 5) is 16.1. The Morgan fingerprint density at radius 1 is 1.06 bits per heavy atom. The van der Waals surface area contributed by atoms with Crippen LogP contribution in [-0.4, -0.2) is 73.0 Å². The number of hydrogen-bond donors (Lipinski definition) is 3. The molecule has 2 aromatic rings. The van der Waals surface area contributed by atoms with Gasteiger partial charge in [0.25, 0.3) is 5.91 Å². The van der Waals surface area contributed by atoms with Crippen molar-refractivity contribution in [1.29, 1.82) is 0 Å². The van der Waals surface area contributed by atoms with Gasteiger partial charge in [0.1, 0.15) is 18.5 Å². The Bertz CT molecular complexity index is 884. The number of aliphatic hydroxyl groups is 1. The molecule has 0 saturated carbocycles. The first-order valence-electron chi connectivity index (χ1n) is 10.4. The number of rotatable bonds is 8. The molecular formula is C22H28N4O5. The van der Waals surface area contributed by atoms with Gasteiger partial charge < -0.3 is 19.3 Å². The van der Waals surface area contributed by atoms with E-state index in [9.17, 15) is 9.90 Å². The SMILES string of the molecule is NNC(=O)c1ccc(OC[C@@H](O)CN2CCN(Cc3ccc4c(c3)OCO4)CC2)cc1. The van der Waals surface area contributed by atoms with Crippen molar-refractivity contribution in [2.45, 2.75) is 12.6 Å². The maximum atomic E-state index is 11.4. The fraction of sp³-hybridized carbons (Fsp3) is 0.409. The maximum absolute atomic E-state index is 11.4. The summed E-state index contributed by atoms with van der Waals surface area (Å²) in [5.41, 5.74) is 3.75. The van der Waals surface area contributed by atoms with E-state index in [0.717, 1.165) is 44.2 Å². The second kappa shape index (κ2) is 9.97. The standard InChI is InChI=1S/C22H28N4O5/c23-24-22(28)17-2-4-19(5-3-17)29-14-18(27)13-26-9-7-25(8-10-26)12-16-1-6-20-21(11-16)31-15-30-20/h1-6,11,18,27H,7-10,12-15,23H2,(H,24,28)/t18-/m0/s1. The van der Waals surface area contributed by atoms with E-state index in [2.05, 4.69) is 21.3 Å². The number of benzene rings is 2. The molecule has 1 fully saturated rings. The average molecular weight is 428 g/mol. The fourth-order valence-electron chi connectivity index (χ4n) is 3.76. The smallest absolute Gasteiger partial charge is 0.265 e. The summed E-state index contributed by atoms with van der Waals surface area (Å²) in [6, 6.07) is 12.7. The predicted molar refractivity (Wildman–Crippen MR) is 114 cm³/mol. The molecule has 1 atom stereocenters. The van der Waals surface area contributed by atoms with Crippen molar-refractivity contribution < 1.29 is 24.1 Å². The molecule has 4 N–H and O–H groups in total. The van der Waals surface area contributed by atoms with E-state index < -0.39 is 6.10 Å². The number of β-amino-alcohol motifs (C(OH)–C–C–N with tert-alkyl or cyclic N) is 1. The summed E-state index contributed by atoms with van der Waals surface area (Å²) in [6.45, 7) is 5.58. The van der Waals surface area contributed by atoms with Crippen LogP contribution < -0.4 is 25.5 Å². The van der Waals surface area contributed by atoms with Gasteiger partial charge in [-0.15, -0.1) is 0 Å². The highest BCUT2D eigenvalue weighted by molar-refractivity contribution is 5.93. The highest BCUT2D eigenvalue weighted by Gasteiger charge is 2.21. The number of piperazine rings is 1. The summed E-state index contributed by atoms with van der Waals surface area (Å²) in [5.74, 6) is 6.98. The molecule has 1 saturated heterocycles. The Balaban J connectivity index is 1.17. The molecule has 166 valence electrons. The van der Waals surface area contributed by atoms with Crippen molar-refractivity contribution >= 4 is 5.91 Å². The predicted octanol–water partition coefficient (Wildman–Crippen LogP) is 0.576. The van der Waals surface area contributed by atoms with Crippen LogP contribution in [0.4, 0.5) is 0 Å². The third kappa shape index (κ3) is 5.65. The van der Waals surface area contributed by atoms with Crippen molar-refractivity contribution in [2.75, 3.05) is 46.1 Å². The lowest BCUT2D eigenvalue weighted by Gasteiger charge is -2.35. The number of ether oxygens (including phenoxy) is 3. The van der Waals surface area contributed by atoms with Crippen molar-refractivity contribution in [3.05, 3.63) is 53.6 Å². The number of hydrazine groups is 1. The molecule has 0 aliphatic carbocycles. The zero-order valence-corrected chi connectivity index (χ0v) is 17.3. The number of nitrogens with two attached hydrogens (primary N) is 1. The molecule has 1 amide bonds. The minimum atomic E-state index is -0.590. The monoisotopic (exact) mass is 428 g/mol. The quantitative estimate of drug-likeness (QED) is 0.318. The summed E-state index contributed by atoms with van der Waals surface area (Å²) in [7, 11) is 0. The first kappa shape index (κ1) is 21.4. The minimum Gasteiger partial charge on any atom is -0.491 e. The van der Waals surface area contributed by atoms with Gasteiger partial charge in [-0.1, -0.05) is 6.07 Å². The van der Waals surface area contributed by atoms with Crippen LogP contribution in [0.15, 0.2) is 42.5 Å². The van der Waals surface area contributed by atoms with Gasteiger partial charge in [0, 0.05) is 44.8 Å². The highest BCUT2D eigenvalue weighted by atomic mass is 16.7. The molecule has 2 heterocycles. The van der Waals surface area contributed by atoms with Gasteiger partial charge in [-0.05, 0) is 42.0 Å². The summed E-state index contributed by atoms with van der Waals surface area (Å²) in [6.07, 6.45) is -0.590. The van der Waals surface area contributed by atoms with Crippen LogP contribution in [0.3, 0.4) is 0 Å². The van der Waals surface area contributed by atoms with Crippen LogP contribution in [0.25, 0.3) is 0 Å². The number of nitrogen functional groups attached to an aromatic ring is 1. The van der Waals surface area contributed by atoms with E-state index in [-0.39, 0.29) is 12.5 Å². The number of carbonyl (C=O) groups is 1. The van der Waals surface area contributed by atoms with Gasteiger partial charge in [0.05, 0.1) is 0 Å². The molecule has 0 spiro atoms. The summed E-state index contributed by atoms with van der Waals surface area (Å²) >= 11 is 0. The molecule has 2 aliphatic rings. The van der Waals surface area contributed by atoms with Crippen LogP contribution >= 0.6 is 0 Å². The zero-order chi connectivity index (χ0) is 21.6. The summed E-state index contributed by atoms with van der Waals surface area (Å²) < 4.78 is 16.5. The number of hydrogen-bond acceptors (Lipinski definition) is 8. The molecule has 2 aromatic carbocycles. The lowest BCUT2D eigenvalue weighted by molar-refractivity contribution is 0.0446. The zero-order valence-electron chi connectivity index (χ0n) is 17.3. The Hall–Kier alpha value is -2.85. The molecule has 9 nitrogen and oxygen atoms in total. The Labute approximate surface area is 181 Å². The van der Waals surface area contributed by atoms with Crippen molar-refractivity contribution in [3.8, 4) is 17.2 Å². The number of carbonyl (C=O) groups excluding carboxylic acids is 1. The van der Waals surface area contributed by atoms with E-state index >= 15 is 0 Å². The average Bonchev–Trinajstić information content (AvgIpc) is 3.27. The molecule has 0 radical (unpaired) electrons. The first-order valence-corrected chi connectivity index (χ1v) is 10.4. The van der Waals surface area contributed by atoms with Crippen LogP contribution in [0.2, 0.25) is 0 Å². The molecule has 9 heteroatoms. The molecule has 0 aromatic heterocycles. The van der Waals surface area contributed by atoms with Crippen molar-refractivity contribution in [2.24, 2.45) is 5.84 Å². The van der Waals surface area contributed by atoms with E-state index in [1.54, 1.807) is 24.3 Å². The molecular weight excluding hydrogens is 400 g/mol. The Morgan fingerprint density at radius 2 is 1.77 bits per heavy atom. The Kier molecular flexibility index (Phi) is 6.88. The number of fused-ring (bicyclic) bond motifs is 1. The minimum absolute atomic E-state index is 0.194. The fourth-order valence-corrected chi connectivity index (χ4v) is 3.76. The number of aliphatic hydroxyl groups excluding tert-OH is 1. The van der Waals surface area contributed by atoms with E-state index in [1.807, 2.05) is 12.1 Å². The third-order valence-electron chi connectivity index (χ3n) is 5.47. The van der Waals surface area contributed by atoms with E-state index in [0.29, 0.717) is 24.7 Å². The first-order chi connectivity index (χ1) is 15.1. The van der Waals surface area contributed by atoms with Gasteiger partial charge in [-0.25, -0.2) is 5.84 Å². The largest absolute Gasteiger partial charge is 0.491 e. The topological polar surface area (TPSA) is 110 Å². The van der Waals surface area contributed by atoms with Gasteiger partial charge in [0.15, 0.2) is 11.5 Å². The maximum Gasteiger partial charge on any atom is 0.265 e. The molecule has 0 bridgehead atoms. The second-order valence-corrected chi connectivity index (χ2v) is 7.73. The molecule has 0 unspecified atom stereocenters. The molecule has 31 heavy (non-hydrogen) atoms. The Morgan fingerprint density at radius 3 is 2.52 bits per heavy atom. The molecule has 2 aliphatic heterocycles. The van der Waals surface area contributed by atoms with Crippen molar-refractivity contribution in [3.63, 3.8) is 0 Å². The lowest BCUT2D eigenvalue weighted by Crippen LogP contribution is -2.48. The van der Waals surface area contributed by atoms with Gasteiger partial charge >= 0.3 is 0 Å². The summed E-state index contributed by atoms with van der Waals surface area (Å²) in [5, 5.41) is 10.3.